The van der Waals surface area contributed by atoms with Crippen LogP contribution in [0.2, 0.25) is 0 Å². The maximum absolute atomic E-state index is 9.10. The van der Waals surface area contributed by atoms with Gasteiger partial charge in [0.15, 0.2) is 0 Å². The summed E-state index contributed by atoms with van der Waals surface area (Å²) in [5.41, 5.74) is 1.33. The molecule has 110 valence electrons. The average Bonchev–Trinajstić information content (AvgIpc) is 2.43. The van der Waals surface area contributed by atoms with E-state index in [1.54, 1.807) is 0 Å². The van der Waals surface area contributed by atoms with Crippen molar-refractivity contribution in [2.75, 3.05) is 6.54 Å². The van der Waals surface area contributed by atoms with Gasteiger partial charge in [0.1, 0.15) is 0 Å². The minimum atomic E-state index is -1.82. The van der Waals surface area contributed by atoms with Gasteiger partial charge in [-0.3, -0.25) is 9.88 Å². The Kier molecular flexibility index (Phi) is 6.66. The predicted molar refractivity (Wildman–Crippen MR) is 73.2 cm³/mol. The van der Waals surface area contributed by atoms with Gasteiger partial charge in [0, 0.05) is 25.0 Å². The smallest absolute Gasteiger partial charge is 0.414 e. The van der Waals surface area contributed by atoms with Crippen LogP contribution in [-0.4, -0.2) is 44.6 Å². The fourth-order valence-electron chi connectivity index (χ4n) is 2.12. The van der Waals surface area contributed by atoms with E-state index in [2.05, 4.69) is 22.9 Å². The van der Waals surface area contributed by atoms with Gasteiger partial charge in [-0.2, -0.15) is 0 Å². The molecule has 1 atom stereocenters. The fourth-order valence-corrected chi connectivity index (χ4v) is 2.12. The quantitative estimate of drug-likeness (QED) is 0.800. The van der Waals surface area contributed by atoms with Crippen molar-refractivity contribution >= 4 is 11.9 Å². The highest BCUT2D eigenvalue weighted by Crippen LogP contribution is 2.18. The van der Waals surface area contributed by atoms with Crippen LogP contribution >= 0.6 is 0 Å². The highest BCUT2D eigenvalue weighted by atomic mass is 16.4. The molecule has 2 heterocycles. The van der Waals surface area contributed by atoms with E-state index in [1.807, 2.05) is 18.5 Å². The van der Waals surface area contributed by atoms with Gasteiger partial charge in [0.25, 0.3) is 0 Å². The Labute approximate surface area is 118 Å². The van der Waals surface area contributed by atoms with Gasteiger partial charge in [0.05, 0.1) is 0 Å². The average molecular weight is 280 g/mol. The monoisotopic (exact) mass is 280 g/mol. The third-order valence-electron chi connectivity index (χ3n) is 3.23. The summed E-state index contributed by atoms with van der Waals surface area (Å²) in [5.74, 6) is -3.65. The van der Waals surface area contributed by atoms with Crippen LogP contribution in [-0.2, 0) is 16.1 Å². The van der Waals surface area contributed by atoms with Crippen LogP contribution in [0.1, 0.15) is 31.7 Å². The van der Waals surface area contributed by atoms with Gasteiger partial charge in [-0.25, -0.2) is 9.59 Å². The van der Waals surface area contributed by atoms with Crippen molar-refractivity contribution in [1.29, 1.82) is 0 Å². The number of carboxylic acid groups (broad SMARTS) is 2. The lowest BCUT2D eigenvalue weighted by molar-refractivity contribution is -0.159. The highest BCUT2D eigenvalue weighted by molar-refractivity contribution is 6.27. The number of likely N-dealkylation sites (tertiary alicyclic amines) is 1. The summed E-state index contributed by atoms with van der Waals surface area (Å²) >= 11 is 0. The highest BCUT2D eigenvalue weighted by Gasteiger charge is 2.17. The first-order chi connectivity index (χ1) is 9.50. The molecule has 0 bridgehead atoms. The Hall–Kier alpha value is -1.95. The third kappa shape index (κ3) is 5.79. The number of aromatic nitrogens is 1. The number of hydrogen-bond donors (Lipinski definition) is 2. The Morgan fingerprint density at radius 2 is 2.05 bits per heavy atom. The molecule has 2 rings (SSSR count). The molecule has 0 aliphatic carbocycles. The largest absolute Gasteiger partial charge is 0.473 e. The minimum absolute atomic E-state index is 0.740. The summed E-state index contributed by atoms with van der Waals surface area (Å²) in [6.45, 7) is 4.64. The SMILES string of the molecule is CC1CCCCN1Cc1cccnc1.O=C(O)C(=O)O. The van der Waals surface area contributed by atoms with E-state index < -0.39 is 11.9 Å². The van der Waals surface area contributed by atoms with Crippen molar-refractivity contribution in [1.82, 2.24) is 9.88 Å². The molecule has 1 saturated heterocycles. The molecule has 1 aromatic heterocycles. The van der Waals surface area contributed by atoms with E-state index in [0.717, 1.165) is 12.6 Å². The Morgan fingerprint density at radius 1 is 1.35 bits per heavy atom. The summed E-state index contributed by atoms with van der Waals surface area (Å²) in [6, 6.07) is 4.92. The molecule has 20 heavy (non-hydrogen) atoms. The zero-order chi connectivity index (χ0) is 15.0. The van der Waals surface area contributed by atoms with Gasteiger partial charge in [-0.15, -0.1) is 0 Å². The van der Waals surface area contributed by atoms with Crippen LogP contribution in [0, 0.1) is 0 Å². The molecule has 1 aliphatic rings. The Balaban J connectivity index is 0.000000286. The zero-order valence-electron chi connectivity index (χ0n) is 11.5. The van der Waals surface area contributed by atoms with Crippen molar-refractivity contribution in [3.05, 3.63) is 30.1 Å². The van der Waals surface area contributed by atoms with Crippen LogP contribution in [0.4, 0.5) is 0 Å². The van der Waals surface area contributed by atoms with Gasteiger partial charge < -0.3 is 10.2 Å². The molecule has 0 saturated carbocycles. The summed E-state index contributed by atoms with van der Waals surface area (Å²) < 4.78 is 0. The first-order valence-corrected chi connectivity index (χ1v) is 6.60. The molecule has 0 spiro atoms. The minimum Gasteiger partial charge on any atom is -0.473 e. The molecular weight excluding hydrogens is 260 g/mol. The maximum Gasteiger partial charge on any atom is 0.414 e. The van der Waals surface area contributed by atoms with Gasteiger partial charge in [0.2, 0.25) is 0 Å². The Bertz CT molecular complexity index is 424. The number of nitrogens with zero attached hydrogens (tertiary/aromatic N) is 2. The van der Waals surface area contributed by atoms with E-state index >= 15 is 0 Å². The second-order valence-corrected chi connectivity index (χ2v) is 4.79. The maximum atomic E-state index is 9.10. The van der Waals surface area contributed by atoms with Crippen LogP contribution in [0.25, 0.3) is 0 Å². The number of pyridine rings is 1. The Morgan fingerprint density at radius 3 is 2.55 bits per heavy atom. The first-order valence-electron chi connectivity index (χ1n) is 6.60. The van der Waals surface area contributed by atoms with E-state index in [4.69, 9.17) is 19.8 Å². The van der Waals surface area contributed by atoms with Crippen molar-refractivity contribution in [2.45, 2.75) is 38.8 Å². The van der Waals surface area contributed by atoms with Crippen molar-refractivity contribution in [3.8, 4) is 0 Å². The predicted octanol–water partition coefficient (Wildman–Crippen LogP) is 1.61. The molecule has 2 N–H and O–H groups in total. The first kappa shape index (κ1) is 16.1. The third-order valence-corrected chi connectivity index (χ3v) is 3.23. The summed E-state index contributed by atoms with van der Waals surface area (Å²) in [7, 11) is 0. The lowest BCUT2D eigenvalue weighted by Gasteiger charge is -2.33. The molecule has 6 heteroatoms. The van der Waals surface area contributed by atoms with Crippen molar-refractivity contribution in [3.63, 3.8) is 0 Å². The summed E-state index contributed by atoms with van der Waals surface area (Å²) in [4.78, 5) is 24.9. The second-order valence-electron chi connectivity index (χ2n) is 4.79. The number of aliphatic carboxylic acids is 2. The molecule has 1 fully saturated rings. The van der Waals surface area contributed by atoms with Gasteiger partial charge in [-0.05, 0) is 37.9 Å². The topological polar surface area (TPSA) is 90.7 Å². The van der Waals surface area contributed by atoms with Crippen LogP contribution in [0.15, 0.2) is 24.5 Å². The van der Waals surface area contributed by atoms with Crippen LogP contribution in [0.3, 0.4) is 0 Å². The number of piperidine rings is 1. The van der Waals surface area contributed by atoms with E-state index in [9.17, 15) is 0 Å². The lowest BCUT2D eigenvalue weighted by Crippen LogP contribution is -2.36. The molecule has 1 aromatic rings. The molecular formula is C14H20N2O4. The lowest BCUT2D eigenvalue weighted by atomic mass is 10.0. The van der Waals surface area contributed by atoms with Crippen LogP contribution < -0.4 is 0 Å². The normalized spacial score (nSPS) is 18.8. The zero-order valence-corrected chi connectivity index (χ0v) is 11.5. The van der Waals surface area contributed by atoms with Gasteiger partial charge in [-0.1, -0.05) is 12.5 Å². The molecule has 0 amide bonds. The number of carbonyl (C=O) groups is 2. The van der Waals surface area contributed by atoms with Crippen LogP contribution in [0.5, 0.6) is 0 Å². The summed E-state index contributed by atoms with van der Waals surface area (Å²) in [5, 5.41) is 14.8. The van der Waals surface area contributed by atoms with Gasteiger partial charge >= 0.3 is 11.9 Å². The molecule has 0 radical (unpaired) electrons. The molecule has 6 nitrogen and oxygen atoms in total. The van der Waals surface area contributed by atoms with E-state index in [-0.39, 0.29) is 0 Å². The molecule has 1 unspecified atom stereocenters. The fraction of sp³-hybridized carbons (Fsp3) is 0.500. The number of carboxylic acids is 2. The van der Waals surface area contributed by atoms with E-state index in [0.29, 0.717) is 0 Å². The standard InChI is InChI=1S/C12H18N2.C2H2O4/c1-11-5-2-3-8-14(11)10-12-6-4-7-13-9-12;3-1(4)2(5)6/h4,6-7,9,11H,2-3,5,8,10H2,1H3;(H,3,4)(H,5,6). The number of rotatable bonds is 2. The summed E-state index contributed by atoms with van der Waals surface area (Å²) in [6.07, 6.45) is 7.90. The molecule has 1 aliphatic heterocycles. The van der Waals surface area contributed by atoms with Crippen molar-refractivity contribution < 1.29 is 19.8 Å². The number of hydrogen-bond acceptors (Lipinski definition) is 4. The van der Waals surface area contributed by atoms with Crippen molar-refractivity contribution in [2.24, 2.45) is 0 Å². The molecule has 0 aromatic carbocycles. The van der Waals surface area contributed by atoms with E-state index in [1.165, 1.54) is 31.4 Å². The second kappa shape index (κ2) is 8.27.